The highest BCUT2D eigenvalue weighted by atomic mass is 16.6. The fourth-order valence-corrected chi connectivity index (χ4v) is 3.29. The minimum Gasteiger partial charge on any atom is -0.497 e. The van der Waals surface area contributed by atoms with E-state index >= 15 is 0 Å². The molecule has 1 aromatic carbocycles. The second kappa shape index (κ2) is 8.35. The molecular weight excluding hydrogens is 380 g/mol. The summed E-state index contributed by atoms with van der Waals surface area (Å²) in [7, 11) is 3.07. The number of hydrogen-bond donors (Lipinski definition) is 2. The van der Waals surface area contributed by atoms with Crippen LogP contribution in [0.4, 0.5) is 29.0 Å². The number of methoxy groups -OCH3 is 2. The minimum absolute atomic E-state index is 0.107. The van der Waals surface area contributed by atoms with E-state index in [2.05, 4.69) is 15.3 Å². The van der Waals surface area contributed by atoms with E-state index in [9.17, 15) is 10.1 Å². The van der Waals surface area contributed by atoms with Gasteiger partial charge in [-0.25, -0.2) is 0 Å². The van der Waals surface area contributed by atoms with Crippen LogP contribution in [0, 0.1) is 10.1 Å². The summed E-state index contributed by atoms with van der Waals surface area (Å²) >= 11 is 0. The monoisotopic (exact) mass is 404 g/mol. The first-order valence-electron chi connectivity index (χ1n) is 9.03. The van der Waals surface area contributed by atoms with Crippen LogP contribution in [0.5, 0.6) is 11.5 Å². The van der Waals surface area contributed by atoms with Crippen molar-refractivity contribution in [2.24, 2.45) is 0 Å². The molecule has 156 valence electrons. The fourth-order valence-electron chi connectivity index (χ4n) is 3.29. The predicted molar refractivity (Wildman–Crippen MR) is 108 cm³/mol. The number of morpholine rings is 1. The molecule has 2 atom stereocenters. The summed E-state index contributed by atoms with van der Waals surface area (Å²) < 4.78 is 16.3. The Kier molecular flexibility index (Phi) is 5.87. The summed E-state index contributed by atoms with van der Waals surface area (Å²) in [6.07, 6.45) is -0.214. The van der Waals surface area contributed by atoms with Crippen molar-refractivity contribution in [2.75, 3.05) is 43.3 Å². The molecule has 1 aliphatic rings. The van der Waals surface area contributed by atoms with Gasteiger partial charge in [0.1, 0.15) is 11.5 Å². The molecule has 1 fully saturated rings. The van der Waals surface area contributed by atoms with Gasteiger partial charge in [0.05, 0.1) is 37.0 Å². The van der Waals surface area contributed by atoms with E-state index in [1.54, 1.807) is 30.2 Å². The van der Waals surface area contributed by atoms with E-state index < -0.39 is 4.92 Å². The molecule has 11 heteroatoms. The van der Waals surface area contributed by atoms with Crippen LogP contribution in [0.2, 0.25) is 0 Å². The van der Waals surface area contributed by atoms with Crippen molar-refractivity contribution < 1.29 is 19.1 Å². The molecule has 0 amide bonds. The summed E-state index contributed by atoms with van der Waals surface area (Å²) in [5.41, 5.74) is 6.14. The Labute approximate surface area is 167 Å². The van der Waals surface area contributed by atoms with Crippen LogP contribution >= 0.6 is 0 Å². The number of nitro groups is 1. The lowest BCUT2D eigenvalue weighted by Gasteiger charge is -2.35. The summed E-state index contributed by atoms with van der Waals surface area (Å²) in [4.78, 5) is 21.3. The quantitative estimate of drug-likeness (QED) is 0.545. The zero-order valence-corrected chi connectivity index (χ0v) is 16.7. The zero-order chi connectivity index (χ0) is 21.1. The molecule has 0 saturated carbocycles. The Morgan fingerprint density at radius 2 is 1.93 bits per heavy atom. The summed E-state index contributed by atoms with van der Waals surface area (Å²) in [5.74, 6) is 1.16. The Morgan fingerprint density at radius 1 is 1.24 bits per heavy atom. The molecule has 0 unspecified atom stereocenters. The first-order valence-corrected chi connectivity index (χ1v) is 9.03. The van der Waals surface area contributed by atoms with Gasteiger partial charge in [-0.15, -0.1) is 0 Å². The third-order valence-electron chi connectivity index (χ3n) is 4.45. The van der Waals surface area contributed by atoms with Gasteiger partial charge in [-0.1, -0.05) is 0 Å². The van der Waals surface area contributed by atoms with Crippen LogP contribution in [-0.2, 0) is 4.74 Å². The molecular formula is C18H24N6O5. The van der Waals surface area contributed by atoms with Crippen molar-refractivity contribution in [2.45, 2.75) is 26.1 Å². The maximum atomic E-state index is 11.6. The van der Waals surface area contributed by atoms with E-state index in [0.717, 1.165) is 0 Å². The molecule has 11 nitrogen and oxygen atoms in total. The lowest BCUT2D eigenvalue weighted by Crippen LogP contribution is -2.46. The number of hydrogen-bond acceptors (Lipinski definition) is 10. The first-order chi connectivity index (χ1) is 13.8. The van der Waals surface area contributed by atoms with Crippen LogP contribution < -0.4 is 25.4 Å². The van der Waals surface area contributed by atoms with Crippen molar-refractivity contribution in [3.05, 3.63) is 28.3 Å². The molecule has 2 heterocycles. The second-order valence-electron chi connectivity index (χ2n) is 6.72. The second-order valence-corrected chi connectivity index (χ2v) is 6.72. The number of aromatic nitrogens is 2. The molecule has 3 rings (SSSR count). The number of nitrogens with two attached hydrogens (primary N) is 1. The van der Waals surface area contributed by atoms with Crippen molar-refractivity contribution >= 4 is 29.0 Å². The van der Waals surface area contributed by atoms with Gasteiger partial charge in [-0.05, 0) is 26.0 Å². The highest BCUT2D eigenvalue weighted by Gasteiger charge is 2.32. The smallest absolute Gasteiger partial charge is 0.353 e. The molecule has 1 aliphatic heterocycles. The highest BCUT2D eigenvalue weighted by Crippen LogP contribution is 2.36. The van der Waals surface area contributed by atoms with Crippen molar-refractivity contribution in [1.29, 1.82) is 0 Å². The van der Waals surface area contributed by atoms with E-state index in [-0.39, 0.29) is 35.5 Å². The maximum Gasteiger partial charge on any atom is 0.353 e. The van der Waals surface area contributed by atoms with Crippen LogP contribution in [-0.4, -0.2) is 54.4 Å². The summed E-state index contributed by atoms with van der Waals surface area (Å²) in [6, 6.07) is 5.18. The van der Waals surface area contributed by atoms with Crippen LogP contribution in [0.1, 0.15) is 13.8 Å². The van der Waals surface area contributed by atoms with Gasteiger partial charge >= 0.3 is 5.69 Å². The number of anilines is 4. The third-order valence-corrected chi connectivity index (χ3v) is 4.45. The zero-order valence-electron chi connectivity index (χ0n) is 16.7. The first kappa shape index (κ1) is 20.4. The van der Waals surface area contributed by atoms with Crippen molar-refractivity contribution in [3.8, 4) is 11.5 Å². The molecule has 0 spiro atoms. The normalized spacial score (nSPS) is 19.0. The van der Waals surface area contributed by atoms with Crippen LogP contribution in [0.15, 0.2) is 18.2 Å². The average Bonchev–Trinajstić information content (AvgIpc) is 2.66. The van der Waals surface area contributed by atoms with Gasteiger partial charge in [0.25, 0.3) is 0 Å². The van der Waals surface area contributed by atoms with Gasteiger partial charge in [0.15, 0.2) is 0 Å². The molecule has 29 heavy (non-hydrogen) atoms. The molecule has 3 N–H and O–H groups in total. The minimum atomic E-state index is -0.564. The third kappa shape index (κ3) is 4.40. The largest absolute Gasteiger partial charge is 0.497 e. The standard InChI is InChI=1S/C18H24N6O5/c1-10-8-23(9-11(2)29-10)17-15(24(25)26)16(19)21-18(22-17)20-13-7-12(27-3)5-6-14(13)28-4/h5-7,10-11H,8-9H2,1-4H3,(H3,19,20,21,22)/t10-,11+. The molecule has 0 aliphatic carbocycles. The Hall–Kier alpha value is -3.34. The van der Waals surface area contributed by atoms with Crippen molar-refractivity contribution in [3.63, 3.8) is 0 Å². The number of rotatable bonds is 6. The van der Waals surface area contributed by atoms with Gasteiger partial charge in [-0.3, -0.25) is 10.1 Å². The topological polar surface area (TPSA) is 138 Å². The van der Waals surface area contributed by atoms with Gasteiger partial charge in [-0.2, -0.15) is 9.97 Å². The highest BCUT2D eigenvalue weighted by molar-refractivity contribution is 5.73. The molecule has 0 bridgehead atoms. The fraction of sp³-hybridized carbons (Fsp3) is 0.444. The lowest BCUT2D eigenvalue weighted by atomic mass is 10.2. The molecule has 0 radical (unpaired) electrons. The molecule has 2 aromatic rings. The van der Waals surface area contributed by atoms with Gasteiger partial charge in [0, 0.05) is 19.2 Å². The lowest BCUT2D eigenvalue weighted by molar-refractivity contribution is -0.383. The molecule has 1 aromatic heterocycles. The number of benzene rings is 1. The Balaban J connectivity index is 2.03. The number of ether oxygens (including phenoxy) is 3. The van der Waals surface area contributed by atoms with Crippen LogP contribution in [0.25, 0.3) is 0 Å². The van der Waals surface area contributed by atoms with Crippen molar-refractivity contribution in [1.82, 2.24) is 9.97 Å². The van der Waals surface area contributed by atoms with E-state index in [1.165, 1.54) is 7.11 Å². The SMILES string of the molecule is COc1ccc(OC)c(Nc2nc(N)c([N+](=O)[O-])c(N3C[C@@H](C)O[C@@H](C)C3)n2)c1. The average molecular weight is 404 g/mol. The van der Waals surface area contributed by atoms with E-state index in [0.29, 0.717) is 30.3 Å². The van der Waals surface area contributed by atoms with Gasteiger partial charge < -0.3 is 30.2 Å². The number of nitrogens with one attached hydrogen (secondary N) is 1. The van der Waals surface area contributed by atoms with E-state index in [1.807, 2.05) is 13.8 Å². The van der Waals surface area contributed by atoms with E-state index in [4.69, 9.17) is 19.9 Å². The van der Waals surface area contributed by atoms with Crippen LogP contribution in [0.3, 0.4) is 0 Å². The van der Waals surface area contributed by atoms with Gasteiger partial charge in [0.2, 0.25) is 17.6 Å². The summed E-state index contributed by atoms with van der Waals surface area (Å²) in [6.45, 7) is 4.70. The number of nitrogen functional groups attached to an aromatic ring is 1. The summed E-state index contributed by atoms with van der Waals surface area (Å²) in [5, 5.41) is 14.7. The Bertz CT molecular complexity index is 899. The molecule has 1 saturated heterocycles. The number of nitrogens with zero attached hydrogens (tertiary/aromatic N) is 4. The maximum absolute atomic E-state index is 11.6. The Morgan fingerprint density at radius 3 is 2.52 bits per heavy atom. The predicted octanol–water partition coefficient (Wildman–Crippen LogP) is 2.34.